The molecule has 3 rings (SSSR count). The van der Waals surface area contributed by atoms with Crippen molar-refractivity contribution in [3.8, 4) is 5.75 Å². The molecule has 2 heterocycles. The average Bonchev–Trinajstić information content (AvgIpc) is 3.41. The van der Waals surface area contributed by atoms with Gasteiger partial charge in [-0.15, -0.1) is 21.5 Å². The van der Waals surface area contributed by atoms with Gasteiger partial charge in [-0.25, -0.2) is 4.79 Å². The van der Waals surface area contributed by atoms with Crippen LogP contribution in [0.4, 0.5) is 5.00 Å². The standard InChI is InChI=1S/C24H30N4O4S2/c1-6-18-13-19(23(30)31-8-3)22(34-18)25-20(29)14-33-24-27-26-21(28(24)7-2)16(5)32-17-11-9-10-15(4)12-17/h9-13,16H,6-8,14H2,1-5H3,(H,25,29). The van der Waals surface area contributed by atoms with Crippen molar-refractivity contribution < 1.29 is 19.1 Å². The molecule has 0 fully saturated rings. The Morgan fingerprint density at radius 3 is 2.68 bits per heavy atom. The second kappa shape index (κ2) is 12.0. The molecule has 0 radical (unpaired) electrons. The number of anilines is 1. The molecule has 34 heavy (non-hydrogen) atoms. The smallest absolute Gasteiger partial charge is 0.341 e. The zero-order chi connectivity index (χ0) is 24.7. The van der Waals surface area contributed by atoms with E-state index in [9.17, 15) is 9.59 Å². The van der Waals surface area contributed by atoms with Crippen LogP contribution in [0.5, 0.6) is 5.75 Å². The molecular weight excluding hydrogens is 472 g/mol. The molecule has 1 amide bonds. The SMILES string of the molecule is CCOC(=O)c1cc(CC)sc1NC(=O)CSc1nnc(C(C)Oc2cccc(C)c2)n1CC. The van der Waals surface area contributed by atoms with E-state index in [0.29, 0.717) is 28.1 Å². The van der Waals surface area contributed by atoms with Gasteiger partial charge in [0.1, 0.15) is 10.8 Å². The van der Waals surface area contributed by atoms with Crippen LogP contribution in [0.3, 0.4) is 0 Å². The molecule has 1 atom stereocenters. The number of thiophene rings is 1. The summed E-state index contributed by atoms with van der Waals surface area (Å²) in [4.78, 5) is 25.9. The minimum absolute atomic E-state index is 0.132. The van der Waals surface area contributed by atoms with Gasteiger partial charge in [0.05, 0.1) is 17.9 Å². The highest BCUT2D eigenvalue weighted by Crippen LogP contribution is 2.30. The summed E-state index contributed by atoms with van der Waals surface area (Å²) in [6.45, 7) is 10.6. The zero-order valence-electron chi connectivity index (χ0n) is 20.1. The first-order valence-electron chi connectivity index (χ1n) is 11.2. The molecule has 182 valence electrons. The van der Waals surface area contributed by atoms with Crippen molar-refractivity contribution in [2.24, 2.45) is 0 Å². The Morgan fingerprint density at radius 2 is 2.00 bits per heavy atom. The van der Waals surface area contributed by atoms with Crippen LogP contribution in [0.15, 0.2) is 35.5 Å². The van der Waals surface area contributed by atoms with E-state index in [1.165, 1.54) is 23.1 Å². The van der Waals surface area contributed by atoms with Gasteiger partial charge in [-0.05, 0) is 57.9 Å². The van der Waals surface area contributed by atoms with Gasteiger partial charge in [-0.2, -0.15) is 0 Å². The van der Waals surface area contributed by atoms with Crippen LogP contribution in [-0.2, 0) is 22.5 Å². The van der Waals surface area contributed by atoms with Crippen LogP contribution in [0.1, 0.15) is 60.4 Å². The Labute approximate surface area is 208 Å². The predicted molar refractivity (Wildman–Crippen MR) is 135 cm³/mol. The summed E-state index contributed by atoms with van der Waals surface area (Å²) in [6.07, 6.45) is 0.468. The number of rotatable bonds is 11. The molecule has 0 spiro atoms. The summed E-state index contributed by atoms with van der Waals surface area (Å²) < 4.78 is 13.1. The Balaban J connectivity index is 1.66. The summed E-state index contributed by atoms with van der Waals surface area (Å²) in [5.41, 5.74) is 1.51. The van der Waals surface area contributed by atoms with Crippen LogP contribution in [0.25, 0.3) is 0 Å². The highest BCUT2D eigenvalue weighted by molar-refractivity contribution is 7.99. The van der Waals surface area contributed by atoms with Crippen molar-refractivity contribution in [1.82, 2.24) is 14.8 Å². The molecule has 1 unspecified atom stereocenters. The number of esters is 1. The fourth-order valence-electron chi connectivity index (χ4n) is 3.31. The van der Waals surface area contributed by atoms with Crippen molar-refractivity contribution in [1.29, 1.82) is 0 Å². The lowest BCUT2D eigenvalue weighted by atomic mass is 10.2. The van der Waals surface area contributed by atoms with Crippen molar-refractivity contribution >= 4 is 40.0 Å². The van der Waals surface area contributed by atoms with Crippen LogP contribution in [-0.4, -0.2) is 39.0 Å². The van der Waals surface area contributed by atoms with Gasteiger partial charge < -0.3 is 19.4 Å². The summed E-state index contributed by atoms with van der Waals surface area (Å²) in [6, 6.07) is 9.63. The topological polar surface area (TPSA) is 95.3 Å². The van der Waals surface area contributed by atoms with E-state index in [1.807, 2.05) is 56.5 Å². The quantitative estimate of drug-likeness (QED) is 0.282. The number of carbonyl (C=O) groups is 2. The first-order valence-corrected chi connectivity index (χ1v) is 13.0. The molecule has 3 aromatic rings. The minimum atomic E-state index is -0.431. The number of ether oxygens (including phenoxy) is 2. The van der Waals surface area contributed by atoms with Gasteiger partial charge in [0, 0.05) is 11.4 Å². The molecule has 10 heteroatoms. The highest BCUT2D eigenvalue weighted by atomic mass is 32.2. The fourth-order valence-corrected chi connectivity index (χ4v) is 5.12. The Hall–Kier alpha value is -2.85. The summed E-state index contributed by atoms with van der Waals surface area (Å²) in [7, 11) is 0. The van der Waals surface area contributed by atoms with E-state index < -0.39 is 5.97 Å². The third-order valence-electron chi connectivity index (χ3n) is 4.94. The van der Waals surface area contributed by atoms with Gasteiger partial charge in [0.2, 0.25) is 5.91 Å². The molecule has 0 saturated heterocycles. The van der Waals surface area contributed by atoms with E-state index >= 15 is 0 Å². The molecule has 1 N–H and O–H groups in total. The maximum absolute atomic E-state index is 12.7. The number of thioether (sulfide) groups is 1. The van der Waals surface area contributed by atoms with E-state index in [2.05, 4.69) is 15.5 Å². The van der Waals surface area contributed by atoms with Gasteiger partial charge in [-0.3, -0.25) is 4.79 Å². The first-order chi connectivity index (χ1) is 16.4. The van der Waals surface area contributed by atoms with Crippen LogP contribution < -0.4 is 10.1 Å². The molecule has 0 aliphatic heterocycles. The van der Waals surface area contributed by atoms with Gasteiger partial charge in [0.15, 0.2) is 17.1 Å². The highest BCUT2D eigenvalue weighted by Gasteiger charge is 2.21. The van der Waals surface area contributed by atoms with Crippen LogP contribution in [0.2, 0.25) is 0 Å². The minimum Gasteiger partial charge on any atom is -0.483 e. The van der Waals surface area contributed by atoms with E-state index in [0.717, 1.165) is 22.6 Å². The van der Waals surface area contributed by atoms with Gasteiger partial charge >= 0.3 is 5.97 Å². The molecule has 0 bridgehead atoms. The van der Waals surface area contributed by atoms with Crippen molar-refractivity contribution in [3.63, 3.8) is 0 Å². The van der Waals surface area contributed by atoms with Crippen molar-refractivity contribution in [3.05, 3.63) is 52.2 Å². The zero-order valence-corrected chi connectivity index (χ0v) is 21.7. The number of aryl methyl sites for hydroxylation is 2. The van der Waals surface area contributed by atoms with Crippen molar-refractivity contribution in [2.45, 2.75) is 58.8 Å². The van der Waals surface area contributed by atoms with Gasteiger partial charge in [0.25, 0.3) is 0 Å². The predicted octanol–water partition coefficient (Wildman–Crippen LogP) is 5.28. The number of nitrogens with one attached hydrogen (secondary N) is 1. The monoisotopic (exact) mass is 502 g/mol. The number of nitrogens with zero attached hydrogens (tertiary/aromatic N) is 3. The first kappa shape index (κ1) is 25.8. The molecule has 0 aliphatic rings. The van der Waals surface area contributed by atoms with Crippen molar-refractivity contribution in [2.75, 3.05) is 17.7 Å². The Morgan fingerprint density at radius 1 is 1.21 bits per heavy atom. The number of amides is 1. The Bertz CT molecular complexity index is 1140. The van der Waals surface area contributed by atoms with Gasteiger partial charge in [-0.1, -0.05) is 30.8 Å². The molecule has 2 aromatic heterocycles. The second-order valence-corrected chi connectivity index (χ2v) is 9.61. The van der Waals surface area contributed by atoms with E-state index in [4.69, 9.17) is 9.47 Å². The number of carbonyl (C=O) groups excluding carboxylic acids is 2. The fraction of sp³-hybridized carbons (Fsp3) is 0.417. The lowest BCUT2D eigenvalue weighted by Crippen LogP contribution is -2.16. The molecule has 8 nitrogen and oxygen atoms in total. The van der Waals surface area contributed by atoms with E-state index in [-0.39, 0.29) is 24.4 Å². The molecular formula is C24H30N4O4S2. The van der Waals surface area contributed by atoms with Crippen LogP contribution in [0, 0.1) is 6.92 Å². The second-order valence-electron chi connectivity index (χ2n) is 7.53. The maximum atomic E-state index is 12.7. The lowest BCUT2D eigenvalue weighted by molar-refractivity contribution is -0.113. The largest absolute Gasteiger partial charge is 0.483 e. The maximum Gasteiger partial charge on any atom is 0.341 e. The third-order valence-corrected chi connectivity index (χ3v) is 7.10. The third kappa shape index (κ3) is 6.38. The molecule has 1 aromatic carbocycles. The number of hydrogen-bond acceptors (Lipinski definition) is 8. The summed E-state index contributed by atoms with van der Waals surface area (Å²) in [5, 5.41) is 12.6. The average molecular weight is 503 g/mol. The Kier molecular flexibility index (Phi) is 9.12. The molecule has 0 aliphatic carbocycles. The van der Waals surface area contributed by atoms with Crippen LogP contribution >= 0.6 is 23.1 Å². The summed E-state index contributed by atoms with van der Waals surface area (Å²) in [5.74, 6) is 0.942. The normalized spacial score (nSPS) is 11.8. The van der Waals surface area contributed by atoms with E-state index in [1.54, 1.807) is 13.0 Å². The lowest BCUT2D eigenvalue weighted by Gasteiger charge is -2.16. The summed E-state index contributed by atoms with van der Waals surface area (Å²) >= 11 is 2.68. The molecule has 0 saturated carbocycles. The number of aromatic nitrogens is 3. The number of hydrogen-bond donors (Lipinski definition) is 1. The number of benzene rings is 1.